The smallest absolute Gasteiger partial charge is 0.343 e. The molecule has 10 heteroatoms. The van der Waals surface area contributed by atoms with Crippen molar-refractivity contribution in [1.82, 2.24) is 9.29 Å². The number of carbonyl (C=O) groups is 1. The number of rotatable bonds is 9. The molecule has 3 rings (SSSR count). The number of carbonyl (C=O) groups excluding carboxylic acids is 1. The molecule has 1 aliphatic heterocycles. The predicted molar refractivity (Wildman–Crippen MR) is 120 cm³/mol. The van der Waals surface area contributed by atoms with Gasteiger partial charge in [0.15, 0.2) is 16.9 Å². The van der Waals surface area contributed by atoms with Crippen LogP contribution in [0, 0.1) is 0 Å². The van der Waals surface area contributed by atoms with Crippen molar-refractivity contribution >= 4 is 16.0 Å². The molecule has 0 radical (unpaired) electrons. The first-order valence-electron chi connectivity index (χ1n) is 10.4. The van der Waals surface area contributed by atoms with Crippen LogP contribution in [0.5, 0.6) is 11.5 Å². The number of aromatic nitrogens is 1. The third-order valence-electron chi connectivity index (χ3n) is 5.28. The molecule has 9 nitrogen and oxygen atoms in total. The maximum absolute atomic E-state index is 12.7. The molecule has 0 saturated heterocycles. The highest BCUT2D eigenvalue weighted by atomic mass is 32.2. The van der Waals surface area contributed by atoms with Crippen LogP contribution in [0.1, 0.15) is 42.2 Å². The number of sulfonamides is 1. The molecule has 0 aliphatic carbocycles. The van der Waals surface area contributed by atoms with Gasteiger partial charge >= 0.3 is 5.97 Å². The first-order chi connectivity index (χ1) is 15.2. The topological polar surface area (TPSA) is 113 Å². The van der Waals surface area contributed by atoms with E-state index >= 15 is 0 Å². The SMILES string of the molecule is CCOC(=O)c1cn2c(cc1=O)-c1cc(OC)c(OCCNS(C)(=O)=O)cc1CC2CC. The molecule has 2 aromatic rings. The highest BCUT2D eigenvalue weighted by molar-refractivity contribution is 7.88. The van der Waals surface area contributed by atoms with Crippen LogP contribution < -0.4 is 19.6 Å². The average Bonchev–Trinajstić information content (AvgIpc) is 2.74. The minimum atomic E-state index is -3.30. The van der Waals surface area contributed by atoms with Gasteiger partial charge < -0.3 is 18.8 Å². The van der Waals surface area contributed by atoms with Crippen molar-refractivity contribution in [2.75, 3.05) is 33.1 Å². The van der Waals surface area contributed by atoms with E-state index in [1.807, 2.05) is 17.6 Å². The molecular formula is C22H28N2O7S. The molecule has 1 unspecified atom stereocenters. The average molecular weight is 465 g/mol. The second-order valence-electron chi connectivity index (χ2n) is 7.51. The van der Waals surface area contributed by atoms with Gasteiger partial charge in [-0.3, -0.25) is 4.79 Å². The lowest BCUT2D eigenvalue weighted by atomic mass is 9.90. The van der Waals surface area contributed by atoms with Gasteiger partial charge in [-0.05, 0) is 37.5 Å². The lowest BCUT2D eigenvalue weighted by Crippen LogP contribution is -2.27. The molecule has 0 saturated carbocycles. The highest BCUT2D eigenvalue weighted by Crippen LogP contribution is 2.41. The van der Waals surface area contributed by atoms with Crippen LogP contribution in [-0.4, -0.2) is 52.1 Å². The Bertz CT molecular complexity index is 1170. The Labute approximate surface area is 187 Å². The first kappa shape index (κ1) is 23.8. The van der Waals surface area contributed by atoms with Gasteiger partial charge in [-0.1, -0.05) is 6.92 Å². The van der Waals surface area contributed by atoms with Gasteiger partial charge in [0, 0.05) is 30.4 Å². The van der Waals surface area contributed by atoms with Crippen molar-refractivity contribution < 1.29 is 27.4 Å². The van der Waals surface area contributed by atoms with E-state index in [2.05, 4.69) is 4.72 Å². The Morgan fingerprint density at radius 1 is 1.22 bits per heavy atom. The summed E-state index contributed by atoms with van der Waals surface area (Å²) < 4.78 is 43.1. The van der Waals surface area contributed by atoms with E-state index in [9.17, 15) is 18.0 Å². The van der Waals surface area contributed by atoms with Gasteiger partial charge in [0.05, 0.1) is 25.7 Å². The molecule has 1 atom stereocenters. The van der Waals surface area contributed by atoms with Gasteiger partial charge in [0.25, 0.3) is 0 Å². The van der Waals surface area contributed by atoms with Crippen LogP contribution in [-0.2, 0) is 21.2 Å². The van der Waals surface area contributed by atoms with E-state index in [1.165, 1.54) is 13.2 Å². The Kier molecular flexibility index (Phi) is 7.25. The van der Waals surface area contributed by atoms with E-state index in [4.69, 9.17) is 14.2 Å². The van der Waals surface area contributed by atoms with E-state index in [-0.39, 0.29) is 31.4 Å². The molecular weight excluding hydrogens is 436 g/mol. The normalized spacial score (nSPS) is 14.9. The molecule has 2 heterocycles. The molecule has 0 spiro atoms. The number of ether oxygens (including phenoxy) is 3. The van der Waals surface area contributed by atoms with Crippen molar-refractivity contribution in [3.63, 3.8) is 0 Å². The monoisotopic (exact) mass is 464 g/mol. The van der Waals surface area contributed by atoms with Gasteiger partial charge in [0.2, 0.25) is 10.0 Å². The second kappa shape index (κ2) is 9.74. The van der Waals surface area contributed by atoms with Crippen LogP contribution in [0.25, 0.3) is 11.3 Å². The number of hydrogen-bond acceptors (Lipinski definition) is 7. The van der Waals surface area contributed by atoms with Crippen LogP contribution in [0.3, 0.4) is 0 Å². The highest BCUT2D eigenvalue weighted by Gasteiger charge is 2.27. The van der Waals surface area contributed by atoms with Gasteiger partial charge in [0.1, 0.15) is 12.2 Å². The molecule has 0 fully saturated rings. The largest absolute Gasteiger partial charge is 0.493 e. The summed E-state index contributed by atoms with van der Waals surface area (Å²) in [5, 5.41) is 0. The molecule has 1 aromatic carbocycles. The quantitative estimate of drug-likeness (QED) is 0.447. The fraction of sp³-hybridized carbons (Fsp3) is 0.455. The standard InChI is InChI=1S/C22H28N2O7S/c1-5-15-9-14-10-21(31-8-7-23-32(4,27)28)20(29-3)11-16(14)18-12-19(25)17(13-24(15)18)22(26)30-6-2/h10-13,15,23H,5-9H2,1-4H3. The zero-order valence-corrected chi connectivity index (χ0v) is 19.5. The predicted octanol–water partition coefficient (Wildman–Crippen LogP) is 2.14. The first-order valence-corrected chi connectivity index (χ1v) is 12.3. The van der Waals surface area contributed by atoms with Crippen molar-refractivity contribution in [1.29, 1.82) is 0 Å². The summed E-state index contributed by atoms with van der Waals surface area (Å²) in [6.45, 7) is 4.20. The Morgan fingerprint density at radius 3 is 2.59 bits per heavy atom. The van der Waals surface area contributed by atoms with Gasteiger partial charge in [-0.25, -0.2) is 17.9 Å². The van der Waals surface area contributed by atoms with Crippen LogP contribution in [0.2, 0.25) is 0 Å². The number of pyridine rings is 1. The van der Waals surface area contributed by atoms with E-state index in [0.717, 1.165) is 23.8 Å². The minimum Gasteiger partial charge on any atom is -0.493 e. The summed E-state index contributed by atoms with van der Waals surface area (Å²) in [7, 11) is -1.78. The summed E-state index contributed by atoms with van der Waals surface area (Å²) in [6.07, 6.45) is 4.13. The van der Waals surface area contributed by atoms with Crippen molar-refractivity contribution in [2.45, 2.75) is 32.7 Å². The maximum atomic E-state index is 12.7. The molecule has 1 N–H and O–H groups in total. The van der Waals surface area contributed by atoms with E-state index in [0.29, 0.717) is 23.6 Å². The third kappa shape index (κ3) is 5.13. The molecule has 32 heavy (non-hydrogen) atoms. The fourth-order valence-corrected chi connectivity index (χ4v) is 4.25. The number of esters is 1. The number of nitrogens with zero attached hydrogens (tertiary/aromatic N) is 1. The summed E-state index contributed by atoms with van der Waals surface area (Å²) >= 11 is 0. The number of methoxy groups -OCH3 is 1. The molecule has 1 aromatic heterocycles. The molecule has 0 amide bonds. The Balaban J connectivity index is 2.00. The van der Waals surface area contributed by atoms with Crippen LogP contribution >= 0.6 is 0 Å². The molecule has 174 valence electrons. The van der Waals surface area contributed by atoms with E-state index in [1.54, 1.807) is 19.2 Å². The van der Waals surface area contributed by atoms with Crippen molar-refractivity contribution in [3.05, 3.63) is 45.7 Å². The number of fused-ring (bicyclic) bond motifs is 3. The summed E-state index contributed by atoms with van der Waals surface area (Å²) in [5.41, 5.74) is 2.11. The zero-order valence-electron chi connectivity index (χ0n) is 18.6. The lowest BCUT2D eigenvalue weighted by molar-refractivity contribution is 0.0523. The molecule has 0 bridgehead atoms. The van der Waals surface area contributed by atoms with Gasteiger partial charge in [-0.2, -0.15) is 0 Å². The lowest BCUT2D eigenvalue weighted by Gasteiger charge is -2.31. The number of benzene rings is 1. The summed E-state index contributed by atoms with van der Waals surface area (Å²) in [5.74, 6) is 0.333. The zero-order chi connectivity index (χ0) is 23.5. The van der Waals surface area contributed by atoms with Crippen LogP contribution in [0.15, 0.2) is 29.2 Å². The Morgan fingerprint density at radius 2 is 1.97 bits per heavy atom. The Hall–Kier alpha value is -2.85. The van der Waals surface area contributed by atoms with Gasteiger partial charge in [-0.15, -0.1) is 0 Å². The minimum absolute atomic E-state index is 0.0165. The summed E-state index contributed by atoms with van der Waals surface area (Å²) in [6, 6.07) is 5.17. The van der Waals surface area contributed by atoms with Crippen molar-refractivity contribution in [2.24, 2.45) is 0 Å². The van der Waals surface area contributed by atoms with Crippen LogP contribution in [0.4, 0.5) is 0 Å². The summed E-state index contributed by atoms with van der Waals surface area (Å²) in [4.78, 5) is 24.9. The number of nitrogens with one attached hydrogen (secondary N) is 1. The third-order valence-corrected chi connectivity index (χ3v) is 6.01. The fourth-order valence-electron chi connectivity index (χ4n) is 3.79. The second-order valence-corrected chi connectivity index (χ2v) is 9.34. The number of hydrogen-bond donors (Lipinski definition) is 1. The van der Waals surface area contributed by atoms with Crippen molar-refractivity contribution in [3.8, 4) is 22.8 Å². The maximum Gasteiger partial charge on any atom is 0.343 e. The molecule has 1 aliphatic rings. The van der Waals surface area contributed by atoms with E-state index < -0.39 is 21.4 Å².